The first-order valence-corrected chi connectivity index (χ1v) is 8.86. The first-order valence-electron chi connectivity index (χ1n) is 8.48. The maximum Gasteiger partial charge on any atom is 0.306 e. The maximum atomic E-state index is 12.0. The zero-order chi connectivity index (χ0) is 18.6. The Balaban J connectivity index is 1.31. The minimum absolute atomic E-state index is 0.0483. The van der Waals surface area contributed by atoms with E-state index in [1.807, 2.05) is 30.5 Å². The number of para-hydroxylation sites is 1. The van der Waals surface area contributed by atoms with E-state index in [1.165, 1.54) is 0 Å². The van der Waals surface area contributed by atoms with E-state index in [-0.39, 0.29) is 24.9 Å². The number of carbonyl (C=O) groups excluding carboxylic acids is 1. The number of nitrogens with zero attached hydrogens (tertiary/aromatic N) is 2. The van der Waals surface area contributed by atoms with Crippen molar-refractivity contribution >= 4 is 28.5 Å². The van der Waals surface area contributed by atoms with Crippen LogP contribution in [0.2, 0.25) is 5.02 Å². The molecule has 0 fully saturated rings. The van der Waals surface area contributed by atoms with Gasteiger partial charge < -0.3 is 14.1 Å². The molecule has 0 saturated carbocycles. The number of esters is 1. The van der Waals surface area contributed by atoms with Crippen LogP contribution in [-0.2, 0) is 22.6 Å². The van der Waals surface area contributed by atoms with Gasteiger partial charge in [0.05, 0.1) is 0 Å². The monoisotopic (exact) mass is 381 g/mol. The molecular weight excluding hydrogens is 366 g/mol. The predicted octanol–water partition coefficient (Wildman–Crippen LogP) is 4.55. The fourth-order valence-corrected chi connectivity index (χ4v) is 2.94. The lowest BCUT2D eigenvalue weighted by molar-refractivity contribution is -0.145. The molecule has 7 heteroatoms. The molecule has 6 nitrogen and oxygen atoms in total. The van der Waals surface area contributed by atoms with Gasteiger partial charge in [0.25, 0.3) is 5.89 Å². The number of nitrogens with one attached hydrogen (secondary N) is 1. The molecule has 0 atom stereocenters. The summed E-state index contributed by atoms with van der Waals surface area (Å²) in [5.74, 6) is 0.295. The number of fused-ring (bicyclic) bond motifs is 1. The van der Waals surface area contributed by atoms with Crippen LogP contribution in [0.5, 0.6) is 0 Å². The average Bonchev–Trinajstić information content (AvgIpc) is 3.32. The van der Waals surface area contributed by atoms with E-state index in [9.17, 15) is 4.79 Å². The van der Waals surface area contributed by atoms with Crippen LogP contribution in [0.25, 0.3) is 22.4 Å². The second kappa shape index (κ2) is 7.63. The standard InChI is InChI=1S/C20H16ClN3O3/c21-15-8-5-13(6-9-15)20-24-23-18(27-20)12-26-19(25)10-7-14-11-22-17-4-2-1-3-16(14)17/h1-6,8-9,11,22H,7,10,12H2. The summed E-state index contributed by atoms with van der Waals surface area (Å²) < 4.78 is 10.8. The fraction of sp³-hybridized carbons (Fsp3) is 0.150. The number of H-pyrrole nitrogens is 1. The molecule has 0 saturated heterocycles. The van der Waals surface area contributed by atoms with Crippen molar-refractivity contribution in [2.75, 3.05) is 0 Å². The molecule has 4 aromatic rings. The fourth-order valence-electron chi connectivity index (χ4n) is 2.81. The zero-order valence-corrected chi connectivity index (χ0v) is 15.1. The van der Waals surface area contributed by atoms with Crippen molar-refractivity contribution in [3.05, 3.63) is 71.2 Å². The Morgan fingerprint density at radius 3 is 2.78 bits per heavy atom. The number of ether oxygens (including phenoxy) is 1. The van der Waals surface area contributed by atoms with Gasteiger partial charge in [0.15, 0.2) is 6.61 Å². The smallest absolute Gasteiger partial charge is 0.306 e. The van der Waals surface area contributed by atoms with Crippen LogP contribution in [0.4, 0.5) is 0 Å². The molecule has 2 aromatic carbocycles. The topological polar surface area (TPSA) is 81.0 Å². The summed E-state index contributed by atoms with van der Waals surface area (Å²) in [6, 6.07) is 15.0. The molecule has 0 amide bonds. The van der Waals surface area contributed by atoms with Crippen molar-refractivity contribution < 1.29 is 13.9 Å². The van der Waals surface area contributed by atoms with Crippen molar-refractivity contribution in [2.24, 2.45) is 0 Å². The van der Waals surface area contributed by atoms with Crippen LogP contribution in [-0.4, -0.2) is 21.2 Å². The van der Waals surface area contributed by atoms with E-state index in [0.717, 1.165) is 22.0 Å². The lowest BCUT2D eigenvalue weighted by Gasteiger charge is -2.02. The highest BCUT2D eigenvalue weighted by Crippen LogP contribution is 2.21. The minimum Gasteiger partial charge on any atom is -0.456 e. The van der Waals surface area contributed by atoms with Gasteiger partial charge in [0.2, 0.25) is 5.89 Å². The van der Waals surface area contributed by atoms with Crippen molar-refractivity contribution in [1.29, 1.82) is 0 Å². The molecular formula is C20H16ClN3O3. The SMILES string of the molecule is O=C(CCc1c[nH]c2ccccc12)OCc1nnc(-c2ccc(Cl)cc2)o1. The second-order valence-corrected chi connectivity index (χ2v) is 6.46. The number of hydrogen-bond donors (Lipinski definition) is 1. The normalized spacial score (nSPS) is 11.0. The van der Waals surface area contributed by atoms with E-state index < -0.39 is 0 Å². The molecule has 0 aliphatic rings. The Labute approximate surface area is 160 Å². The first-order chi connectivity index (χ1) is 13.2. The maximum absolute atomic E-state index is 12.0. The summed E-state index contributed by atoms with van der Waals surface area (Å²) in [6.07, 6.45) is 2.80. The van der Waals surface area contributed by atoms with Gasteiger partial charge in [0.1, 0.15) is 0 Å². The van der Waals surface area contributed by atoms with Gasteiger partial charge >= 0.3 is 5.97 Å². The third kappa shape index (κ3) is 4.01. The average molecular weight is 382 g/mol. The number of carbonyl (C=O) groups is 1. The van der Waals surface area contributed by atoms with Crippen LogP contribution in [0.15, 0.2) is 59.1 Å². The second-order valence-electron chi connectivity index (χ2n) is 6.03. The Hall–Kier alpha value is -3.12. The van der Waals surface area contributed by atoms with E-state index in [1.54, 1.807) is 24.3 Å². The van der Waals surface area contributed by atoms with E-state index >= 15 is 0 Å². The zero-order valence-electron chi connectivity index (χ0n) is 14.3. The number of aromatic nitrogens is 3. The lowest BCUT2D eigenvalue weighted by atomic mass is 10.1. The van der Waals surface area contributed by atoms with Crippen LogP contribution in [0, 0.1) is 0 Å². The highest BCUT2D eigenvalue weighted by atomic mass is 35.5. The molecule has 136 valence electrons. The summed E-state index contributed by atoms with van der Waals surface area (Å²) in [5, 5.41) is 9.61. The van der Waals surface area contributed by atoms with Crippen LogP contribution in [0.1, 0.15) is 17.9 Å². The molecule has 4 rings (SSSR count). The van der Waals surface area contributed by atoms with Gasteiger partial charge in [-0.25, -0.2) is 0 Å². The number of benzene rings is 2. The summed E-state index contributed by atoms with van der Waals surface area (Å²) >= 11 is 5.86. The molecule has 0 unspecified atom stereocenters. The number of halogens is 1. The van der Waals surface area contributed by atoms with Gasteiger partial charge in [-0.05, 0) is 42.3 Å². The van der Waals surface area contributed by atoms with Crippen molar-refractivity contribution in [1.82, 2.24) is 15.2 Å². The molecule has 0 aliphatic carbocycles. The number of hydrogen-bond acceptors (Lipinski definition) is 5. The highest BCUT2D eigenvalue weighted by molar-refractivity contribution is 6.30. The van der Waals surface area contributed by atoms with Gasteiger partial charge in [-0.2, -0.15) is 0 Å². The Bertz CT molecular complexity index is 1070. The number of aryl methyl sites for hydroxylation is 1. The van der Waals surface area contributed by atoms with Gasteiger partial charge in [-0.15, -0.1) is 10.2 Å². The van der Waals surface area contributed by atoms with Gasteiger partial charge in [-0.3, -0.25) is 4.79 Å². The molecule has 1 N–H and O–H groups in total. The third-order valence-electron chi connectivity index (χ3n) is 4.19. The Morgan fingerprint density at radius 2 is 1.93 bits per heavy atom. The Morgan fingerprint density at radius 1 is 1.11 bits per heavy atom. The first kappa shape index (κ1) is 17.3. The molecule has 0 spiro atoms. The summed E-state index contributed by atoms with van der Waals surface area (Å²) in [4.78, 5) is 15.2. The van der Waals surface area contributed by atoms with Crippen LogP contribution >= 0.6 is 11.6 Å². The number of aromatic amines is 1. The predicted molar refractivity (Wildman–Crippen MR) is 101 cm³/mol. The molecule has 2 aromatic heterocycles. The van der Waals surface area contributed by atoms with E-state index in [0.29, 0.717) is 17.3 Å². The molecule has 27 heavy (non-hydrogen) atoms. The van der Waals surface area contributed by atoms with Gasteiger partial charge in [0, 0.05) is 34.1 Å². The molecule has 0 bridgehead atoms. The summed E-state index contributed by atoms with van der Waals surface area (Å²) in [7, 11) is 0. The molecule has 0 aliphatic heterocycles. The van der Waals surface area contributed by atoms with Crippen LogP contribution in [0.3, 0.4) is 0 Å². The number of rotatable bonds is 6. The van der Waals surface area contributed by atoms with Crippen molar-refractivity contribution in [2.45, 2.75) is 19.4 Å². The van der Waals surface area contributed by atoms with Gasteiger partial charge in [-0.1, -0.05) is 29.8 Å². The van der Waals surface area contributed by atoms with Crippen LogP contribution < -0.4 is 0 Å². The summed E-state index contributed by atoms with van der Waals surface area (Å²) in [6.45, 7) is -0.0483. The third-order valence-corrected chi connectivity index (χ3v) is 4.44. The lowest BCUT2D eigenvalue weighted by Crippen LogP contribution is -2.06. The largest absolute Gasteiger partial charge is 0.456 e. The van der Waals surface area contributed by atoms with E-state index in [2.05, 4.69) is 15.2 Å². The van der Waals surface area contributed by atoms with E-state index in [4.69, 9.17) is 20.8 Å². The van der Waals surface area contributed by atoms with Crippen molar-refractivity contribution in [3.63, 3.8) is 0 Å². The highest BCUT2D eigenvalue weighted by Gasteiger charge is 2.12. The molecule has 2 heterocycles. The minimum atomic E-state index is -0.313. The molecule has 0 radical (unpaired) electrons. The summed E-state index contributed by atoms with van der Waals surface area (Å²) in [5.41, 5.74) is 2.90. The Kier molecular flexibility index (Phi) is 4.89. The van der Waals surface area contributed by atoms with Crippen molar-refractivity contribution in [3.8, 4) is 11.5 Å². The quantitative estimate of drug-likeness (QED) is 0.495.